The maximum atomic E-state index is 12.6. The number of carbonyl (C=O) groups is 3. The van der Waals surface area contributed by atoms with Crippen LogP contribution in [0.25, 0.3) is 17.1 Å². The molecule has 2 heterocycles. The lowest BCUT2D eigenvalue weighted by Gasteiger charge is -2.09. The Balaban J connectivity index is 1.90. The Hall–Kier alpha value is -4.27. The SMILES string of the molecule is Cn1c(=O)c(C(=O)/C=C/c2cccc(C(=O)NCC(=O)O)c2)c(O)c2cccnc21. The molecule has 0 unspecified atom stereocenters. The third-order valence-electron chi connectivity index (χ3n) is 4.34. The lowest BCUT2D eigenvalue weighted by Crippen LogP contribution is -2.29. The minimum atomic E-state index is -1.17. The first kappa shape index (κ1) is 20.5. The van der Waals surface area contributed by atoms with Crippen LogP contribution in [0.15, 0.2) is 53.5 Å². The number of amides is 1. The molecule has 30 heavy (non-hydrogen) atoms. The van der Waals surface area contributed by atoms with Gasteiger partial charge in [-0.05, 0) is 35.9 Å². The first-order valence-electron chi connectivity index (χ1n) is 8.78. The van der Waals surface area contributed by atoms with E-state index in [0.717, 1.165) is 6.08 Å². The molecule has 0 aliphatic rings. The van der Waals surface area contributed by atoms with Gasteiger partial charge in [0.1, 0.15) is 23.5 Å². The van der Waals surface area contributed by atoms with Crippen molar-refractivity contribution in [2.75, 3.05) is 6.54 Å². The summed E-state index contributed by atoms with van der Waals surface area (Å²) >= 11 is 0. The van der Waals surface area contributed by atoms with Crippen LogP contribution in [0.4, 0.5) is 0 Å². The molecule has 0 saturated carbocycles. The van der Waals surface area contributed by atoms with Crippen LogP contribution < -0.4 is 10.9 Å². The zero-order valence-electron chi connectivity index (χ0n) is 15.8. The molecule has 3 N–H and O–H groups in total. The molecule has 3 rings (SSSR count). The maximum Gasteiger partial charge on any atom is 0.322 e. The Kier molecular flexibility index (Phi) is 5.73. The molecule has 0 saturated heterocycles. The number of allylic oxidation sites excluding steroid dienone is 1. The van der Waals surface area contributed by atoms with E-state index in [0.29, 0.717) is 5.56 Å². The van der Waals surface area contributed by atoms with Crippen molar-refractivity contribution in [1.82, 2.24) is 14.9 Å². The van der Waals surface area contributed by atoms with Crippen LogP contribution in [0.1, 0.15) is 26.3 Å². The topological polar surface area (TPSA) is 139 Å². The second kappa shape index (κ2) is 8.39. The van der Waals surface area contributed by atoms with Crippen molar-refractivity contribution in [3.05, 3.63) is 75.7 Å². The Morgan fingerprint density at radius 1 is 1.20 bits per heavy atom. The van der Waals surface area contributed by atoms with Crippen molar-refractivity contribution in [3.8, 4) is 5.75 Å². The van der Waals surface area contributed by atoms with Crippen LogP contribution in [-0.4, -0.2) is 44.0 Å². The van der Waals surface area contributed by atoms with Crippen molar-refractivity contribution in [3.63, 3.8) is 0 Å². The fraction of sp³-hybridized carbons (Fsp3) is 0.0952. The van der Waals surface area contributed by atoms with E-state index in [1.807, 2.05) is 0 Å². The third kappa shape index (κ3) is 4.09. The van der Waals surface area contributed by atoms with Crippen molar-refractivity contribution in [2.45, 2.75) is 0 Å². The number of nitrogens with one attached hydrogen (secondary N) is 1. The largest absolute Gasteiger partial charge is 0.506 e. The number of pyridine rings is 2. The minimum absolute atomic E-state index is 0.210. The van der Waals surface area contributed by atoms with Crippen LogP contribution >= 0.6 is 0 Å². The molecule has 1 amide bonds. The van der Waals surface area contributed by atoms with Crippen molar-refractivity contribution >= 4 is 34.8 Å². The van der Waals surface area contributed by atoms with Gasteiger partial charge in [0, 0.05) is 18.8 Å². The minimum Gasteiger partial charge on any atom is -0.506 e. The molecule has 0 atom stereocenters. The molecule has 1 aromatic carbocycles. The van der Waals surface area contributed by atoms with E-state index in [-0.39, 0.29) is 22.2 Å². The number of aromatic hydroxyl groups is 1. The van der Waals surface area contributed by atoms with Gasteiger partial charge in [0.2, 0.25) is 0 Å². The number of fused-ring (bicyclic) bond motifs is 1. The van der Waals surface area contributed by atoms with Gasteiger partial charge in [-0.1, -0.05) is 18.2 Å². The first-order valence-corrected chi connectivity index (χ1v) is 8.78. The summed E-state index contributed by atoms with van der Waals surface area (Å²) in [6.07, 6.45) is 3.98. The second-order valence-corrected chi connectivity index (χ2v) is 6.36. The molecule has 0 fully saturated rings. The number of aryl methyl sites for hydroxylation is 1. The van der Waals surface area contributed by atoms with Crippen LogP contribution in [0.3, 0.4) is 0 Å². The smallest absolute Gasteiger partial charge is 0.322 e. The normalized spacial score (nSPS) is 11.0. The molecule has 0 aliphatic carbocycles. The number of carbonyl (C=O) groups excluding carboxylic acids is 2. The van der Waals surface area contributed by atoms with Gasteiger partial charge in [0.05, 0.1) is 5.39 Å². The number of nitrogens with zero attached hydrogens (tertiary/aromatic N) is 2. The van der Waals surface area contributed by atoms with E-state index in [1.165, 1.54) is 36.0 Å². The second-order valence-electron chi connectivity index (χ2n) is 6.36. The summed E-state index contributed by atoms with van der Waals surface area (Å²) < 4.78 is 1.18. The van der Waals surface area contributed by atoms with E-state index in [4.69, 9.17) is 5.11 Å². The van der Waals surface area contributed by atoms with Gasteiger partial charge >= 0.3 is 5.97 Å². The van der Waals surface area contributed by atoms with Gasteiger partial charge in [-0.3, -0.25) is 23.7 Å². The van der Waals surface area contributed by atoms with Gasteiger partial charge < -0.3 is 15.5 Å². The summed E-state index contributed by atoms with van der Waals surface area (Å²) in [4.78, 5) is 51.7. The summed E-state index contributed by atoms with van der Waals surface area (Å²) in [5, 5.41) is 21.6. The molecule has 0 spiro atoms. The predicted molar refractivity (Wildman–Crippen MR) is 108 cm³/mol. The molecular formula is C21H17N3O6. The summed E-state index contributed by atoms with van der Waals surface area (Å²) in [6, 6.07) is 9.28. The number of aliphatic carboxylic acids is 1. The van der Waals surface area contributed by atoms with Gasteiger partial charge in [-0.25, -0.2) is 4.98 Å². The molecule has 0 aliphatic heterocycles. The highest BCUT2D eigenvalue weighted by atomic mass is 16.4. The highest BCUT2D eigenvalue weighted by Gasteiger charge is 2.19. The van der Waals surface area contributed by atoms with Crippen LogP contribution in [0.5, 0.6) is 5.75 Å². The number of hydrogen-bond acceptors (Lipinski definition) is 6. The number of carboxylic acids is 1. The van der Waals surface area contributed by atoms with Crippen LogP contribution in [0.2, 0.25) is 0 Å². The maximum absolute atomic E-state index is 12.6. The van der Waals surface area contributed by atoms with Crippen LogP contribution in [-0.2, 0) is 11.8 Å². The van der Waals surface area contributed by atoms with Gasteiger partial charge in [-0.2, -0.15) is 0 Å². The third-order valence-corrected chi connectivity index (χ3v) is 4.34. The number of hydrogen-bond donors (Lipinski definition) is 3. The fourth-order valence-electron chi connectivity index (χ4n) is 2.87. The molecule has 9 heteroatoms. The fourth-order valence-corrected chi connectivity index (χ4v) is 2.87. The van der Waals surface area contributed by atoms with E-state index in [2.05, 4.69) is 10.3 Å². The monoisotopic (exact) mass is 407 g/mol. The number of rotatable bonds is 6. The first-order chi connectivity index (χ1) is 14.3. The molecule has 3 aromatic rings. The zero-order valence-corrected chi connectivity index (χ0v) is 15.8. The van der Waals surface area contributed by atoms with E-state index >= 15 is 0 Å². The molecule has 0 bridgehead atoms. The highest BCUT2D eigenvalue weighted by Crippen LogP contribution is 2.25. The number of benzene rings is 1. The molecular weight excluding hydrogens is 390 g/mol. The molecule has 152 valence electrons. The predicted octanol–water partition coefficient (Wildman–Crippen LogP) is 1.35. The van der Waals surface area contributed by atoms with Gasteiger partial charge in [0.25, 0.3) is 11.5 Å². The standard InChI is InChI=1S/C21H17N3O6/c1-24-19-14(6-3-9-22-19)18(28)17(21(24)30)15(25)8-7-12-4-2-5-13(10-12)20(29)23-11-16(26)27/h2-10,28H,11H2,1H3,(H,23,29)(H,26,27)/b8-7+. The number of ketones is 1. The Morgan fingerprint density at radius 2 is 1.97 bits per heavy atom. The zero-order chi connectivity index (χ0) is 21.8. The highest BCUT2D eigenvalue weighted by molar-refractivity contribution is 6.11. The van der Waals surface area contributed by atoms with Gasteiger partial charge in [-0.15, -0.1) is 0 Å². The quantitative estimate of drug-likeness (QED) is 0.414. The van der Waals surface area contributed by atoms with E-state index in [9.17, 15) is 24.3 Å². The average Bonchev–Trinajstić information content (AvgIpc) is 2.74. The number of aromatic nitrogens is 2. The average molecular weight is 407 g/mol. The Bertz CT molecular complexity index is 1260. The van der Waals surface area contributed by atoms with Gasteiger partial charge in [0.15, 0.2) is 5.78 Å². The Morgan fingerprint density at radius 3 is 2.70 bits per heavy atom. The van der Waals surface area contributed by atoms with E-state index < -0.39 is 35.5 Å². The molecule has 9 nitrogen and oxygen atoms in total. The van der Waals surface area contributed by atoms with Crippen LogP contribution in [0, 0.1) is 0 Å². The summed E-state index contributed by atoms with van der Waals surface area (Å²) in [7, 11) is 1.46. The summed E-state index contributed by atoms with van der Waals surface area (Å²) in [5.41, 5.74) is -0.133. The van der Waals surface area contributed by atoms with Crippen molar-refractivity contribution < 1.29 is 24.6 Å². The Labute approximate surface area is 169 Å². The van der Waals surface area contributed by atoms with Crippen molar-refractivity contribution in [1.29, 1.82) is 0 Å². The van der Waals surface area contributed by atoms with Crippen molar-refractivity contribution in [2.24, 2.45) is 7.05 Å². The lowest BCUT2D eigenvalue weighted by molar-refractivity contribution is -0.135. The summed E-state index contributed by atoms with van der Waals surface area (Å²) in [6.45, 7) is -0.517. The molecule has 2 aromatic heterocycles. The molecule has 0 radical (unpaired) electrons. The lowest BCUT2D eigenvalue weighted by atomic mass is 10.1. The number of carboxylic acid groups (broad SMARTS) is 1. The van der Waals surface area contributed by atoms with E-state index in [1.54, 1.807) is 24.3 Å². The summed E-state index contributed by atoms with van der Waals surface area (Å²) in [5.74, 6) is -2.90.